The van der Waals surface area contributed by atoms with Gasteiger partial charge in [-0.1, -0.05) is 0 Å². The maximum atomic E-state index is 10.7. The lowest BCUT2D eigenvalue weighted by atomic mass is 9.96. The number of fused-ring (bicyclic) bond motifs is 1. The number of aromatic hydroxyl groups is 1. The van der Waals surface area contributed by atoms with E-state index < -0.39 is 74.1 Å². The van der Waals surface area contributed by atoms with Gasteiger partial charge in [0.05, 0.1) is 29.9 Å². The lowest BCUT2D eigenvalue weighted by Crippen LogP contribution is -2.61. The zero-order chi connectivity index (χ0) is 29.6. The van der Waals surface area contributed by atoms with Crippen molar-refractivity contribution in [3.63, 3.8) is 0 Å². The smallest absolute Gasteiger partial charge is 0.305 e. The number of aliphatic hydroxyl groups is 10. The monoisotopic (exact) mass is 581 g/mol. The highest BCUT2D eigenvalue weighted by molar-refractivity contribution is 5.67. The van der Waals surface area contributed by atoms with Gasteiger partial charge in [-0.15, -0.1) is 0 Å². The second-order valence-electron chi connectivity index (χ2n) is 10.2. The molecule has 0 aromatic heterocycles. The van der Waals surface area contributed by atoms with Gasteiger partial charge in [0.1, 0.15) is 60.0 Å². The van der Waals surface area contributed by atoms with Crippen molar-refractivity contribution in [1.29, 1.82) is 0 Å². The standard InChI is InChI=1S/C27H32O14/c1-10-19(31)21(33)23(35)26(38-10)37-9-18-20(32)22(34)24(36)27(41-18)40-17-8-14-15(30)6-13(29)7-16(14)39-25(17)11-2-4-12(28)5-3-11/h2-8,10,16,18-24,26-36H,9H2,1H3/p+1. The van der Waals surface area contributed by atoms with Crippen LogP contribution in [-0.4, -0.2) is 125 Å². The first kappa shape index (κ1) is 29.3. The van der Waals surface area contributed by atoms with Gasteiger partial charge in [0.25, 0.3) is 0 Å². The number of rotatable bonds is 6. The Labute approximate surface area is 233 Å². The third kappa shape index (κ3) is 5.79. The average Bonchev–Trinajstić information content (AvgIpc) is 2.94. The minimum absolute atomic E-state index is 0.000888. The Kier molecular flexibility index (Phi) is 8.29. The number of phenols is 1. The van der Waals surface area contributed by atoms with Crippen LogP contribution in [0.3, 0.4) is 0 Å². The second kappa shape index (κ2) is 11.6. The van der Waals surface area contributed by atoms with Crippen molar-refractivity contribution in [3.8, 4) is 5.75 Å². The highest BCUT2D eigenvalue weighted by Gasteiger charge is 2.48. The van der Waals surface area contributed by atoms with Crippen molar-refractivity contribution in [2.75, 3.05) is 6.61 Å². The Morgan fingerprint density at radius 3 is 2.15 bits per heavy atom. The zero-order valence-electron chi connectivity index (χ0n) is 21.7. The summed E-state index contributed by atoms with van der Waals surface area (Å²) in [4.78, 5) is 0. The van der Waals surface area contributed by atoms with E-state index in [0.29, 0.717) is 5.56 Å². The van der Waals surface area contributed by atoms with Crippen molar-refractivity contribution >= 4 is 5.76 Å². The summed E-state index contributed by atoms with van der Waals surface area (Å²) in [5.41, 5.74) is 0.739. The van der Waals surface area contributed by atoms with E-state index in [9.17, 15) is 46.0 Å². The van der Waals surface area contributed by atoms with E-state index in [1.165, 1.54) is 31.2 Å². The molecule has 0 radical (unpaired) electrons. The third-order valence-corrected chi connectivity index (χ3v) is 7.30. The van der Waals surface area contributed by atoms with Gasteiger partial charge < -0.3 is 69.6 Å². The van der Waals surface area contributed by atoms with Gasteiger partial charge in [0.15, 0.2) is 6.29 Å². The highest BCUT2D eigenvalue weighted by Crippen LogP contribution is 2.37. The topological polar surface area (TPSA) is 232 Å². The van der Waals surface area contributed by atoms with Gasteiger partial charge in [-0.2, -0.15) is 0 Å². The Bertz CT molecular complexity index is 1240. The Morgan fingerprint density at radius 1 is 0.780 bits per heavy atom. The first-order valence-electron chi connectivity index (χ1n) is 12.9. The number of allylic oxidation sites excluding steroid dienone is 2. The predicted molar refractivity (Wildman–Crippen MR) is 137 cm³/mol. The minimum Gasteiger partial charge on any atom is -0.571 e. The van der Waals surface area contributed by atoms with Crippen molar-refractivity contribution in [3.05, 3.63) is 70.9 Å². The van der Waals surface area contributed by atoms with Crippen LogP contribution in [0.25, 0.3) is 5.76 Å². The first-order valence-corrected chi connectivity index (χ1v) is 12.9. The molecule has 3 heterocycles. The molecule has 3 aliphatic heterocycles. The lowest BCUT2D eigenvalue weighted by molar-refractivity contribution is -0.323. The molecule has 10 N–H and O–H groups in total. The van der Waals surface area contributed by atoms with Crippen molar-refractivity contribution in [1.82, 2.24) is 0 Å². The third-order valence-electron chi connectivity index (χ3n) is 7.30. The summed E-state index contributed by atoms with van der Waals surface area (Å²) in [5.74, 6) is -0.265. The molecule has 4 aliphatic rings. The van der Waals surface area contributed by atoms with E-state index in [2.05, 4.69) is 4.74 Å². The molecular weight excluding hydrogens is 548 g/mol. The van der Waals surface area contributed by atoms with Crippen LogP contribution in [0.2, 0.25) is 0 Å². The number of aliphatic hydroxyl groups excluding tert-OH is 8. The van der Waals surface area contributed by atoms with Crippen LogP contribution in [0.1, 0.15) is 12.5 Å². The highest BCUT2D eigenvalue weighted by atomic mass is 16.7. The van der Waals surface area contributed by atoms with Crippen LogP contribution in [0, 0.1) is 0 Å². The number of hydrogen-bond acceptors (Lipinski definition) is 13. The molecule has 1 aromatic rings. The molecule has 0 spiro atoms. The SMILES string of the molecule is CC1OC(OCC2OC(OC3=C(c4ccc(O)cc4)[OH+]C4C=C(O)C=C(O)C4=C3)C(O)C(O)C2O)C(O)C(O)C1O. The van der Waals surface area contributed by atoms with Gasteiger partial charge in [0, 0.05) is 12.2 Å². The number of hydrogen-bond donors (Lipinski definition) is 9. The predicted octanol–water partition coefficient (Wildman–Crippen LogP) is -1.54. The average molecular weight is 582 g/mol. The zero-order valence-corrected chi connectivity index (χ0v) is 21.7. The fourth-order valence-electron chi connectivity index (χ4n) is 4.90. The molecule has 11 atom stereocenters. The van der Waals surface area contributed by atoms with Gasteiger partial charge >= 0.3 is 5.76 Å². The van der Waals surface area contributed by atoms with Crippen LogP contribution < -0.4 is 0 Å². The maximum Gasteiger partial charge on any atom is 0.305 e. The molecule has 1 aromatic carbocycles. The molecule has 1 aliphatic carbocycles. The molecule has 14 nitrogen and oxygen atoms in total. The fraction of sp³-hybridized carbons (Fsp3) is 0.481. The number of phenolic OH excluding ortho intramolecular Hbond substituents is 1. The molecule has 0 bridgehead atoms. The van der Waals surface area contributed by atoms with Crippen LogP contribution >= 0.6 is 0 Å². The van der Waals surface area contributed by atoms with E-state index in [-0.39, 0.29) is 34.4 Å². The molecule has 0 saturated carbocycles. The van der Waals surface area contributed by atoms with E-state index in [4.69, 9.17) is 18.9 Å². The number of benzene rings is 1. The van der Waals surface area contributed by atoms with Gasteiger partial charge in [0.2, 0.25) is 18.2 Å². The molecule has 2 fully saturated rings. The molecule has 5 rings (SSSR count). The summed E-state index contributed by atoms with van der Waals surface area (Å²) in [6.07, 6.45) is -11.7. The van der Waals surface area contributed by atoms with Gasteiger partial charge in [-0.25, -0.2) is 0 Å². The van der Waals surface area contributed by atoms with Crippen molar-refractivity contribution in [2.24, 2.45) is 0 Å². The summed E-state index contributed by atoms with van der Waals surface area (Å²) >= 11 is 0. The van der Waals surface area contributed by atoms with E-state index in [1.807, 2.05) is 0 Å². The van der Waals surface area contributed by atoms with Gasteiger partial charge in [-0.3, -0.25) is 0 Å². The van der Waals surface area contributed by atoms with E-state index in [0.717, 1.165) is 6.08 Å². The van der Waals surface area contributed by atoms with Crippen molar-refractivity contribution < 1.29 is 69.6 Å². The molecule has 2 saturated heterocycles. The Hall–Kier alpha value is -3.18. The molecule has 41 heavy (non-hydrogen) atoms. The lowest BCUT2D eigenvalue weighted by Gasteiger charge is -2.42. The van der Waals surface area contributed by atoms with Crippen LogP contribution in [0.4, 0.5) is 0 Å². The Morgan fingerprint density at radius 2 is 1.44 bits per heavy atom. The molecule has 11 unspecified atom stereocenters. The van der Waals surface area contributed by atoms with Crippen LogP contribution in [-0.2, 0) is 18.9 Å². The molecule has 0 amide bonds. The van der Waals surface area contributed by atoms with E-state index >= 15 is 0 Å². The number of ether oxygens (including phenoxy) is 5. The fourth-order valence-corrected chi connectivity index (χ4v) is 4.90. The van der Waals surface area contributed by atoms with E-state index in [1.54, 1.807) is 12.1 Å². The Balaban J connectivity index is 1.38. The summed E-state index contributed by atoms with van der Waals surface area (Å²) in [5, 5.41) is 92.0. The van der Waals surface area contributed by atoms with Crippen molar-refractivity contribution in [2.45, 2.75) is 74.4 Å². The molecule has 224 valence electrons. The van der Waals surface area contributed by atoms with Crippen LogP contribution in [0.15, 0.2) is 65.3 Å². The molecular formula is C27H33O14+. The summed E-state index contributed by atoms with van der Waals surface area (Å²) < 4.78 is 27.1. The molecule has 14 heteroatoms. The maximum absolute atomic E-state index is 10.7. The summed E-state index contributed by atoms with van der Waals surface area (Å²) in [6.45, 7) is 0.989. The van der Waals surface area contributed by atoms with Gasteiger partial charge in [-0.05, 0) is 31.2 Å². The largest absolute Gasteiger partial charge is 0.571 e. The normalized spacial score (nSPS) is 39.2. The minimum atomic E-state index is -1.76. The van der Waals surface area contributed by atoms with Crippen LogP contribution in [0.5, 0.6) is 5.75 Å². The quantitative estimate of drug-likeness (QED) is 0.174. The summed E-state index contributed by atoms with van der Waals surface area (Å²) in [7, 11) is 0. The first-order chi connectivity index (χ1) is 19.4. The second-order valence-corrected chi connectivity index (χ2v) is 10.2. The summed E-state index contributed by atoms with van der Waals surface area (Å²) in [6, 6.07) is 5.93.